The Balaban J connectivity index is 1.89. The normalized spacial score (nSPS) is 17.3. The molecular weight excluding hydrogens is 266 g/mol. The zero-order chi connectivity index (χ0) is 15.3. The van der Waals surface area contributed by atoms with E-state index in [1.807, 2.05) is 26.0 Å². The molecule has 0 bridgehead atoms. The zero-order valence-electron chi connectivity index (χ0n) is 12.9. The van der Waals surface area contributed by atoms with Gasteiger partial charge in [-0.3, -0.25) is 4.79 Å². The molecule has 0 unspecified atom stereocenters. The highest BCUT2D eigenvalue weighted by Crippen LogP contribution is 2.27. The number of carbonyl (C=O) groups excluding carboxylic acids is 1. The van der Waals surface area contributed by atoms with Crippen LogP contribution in [0.5, 0.6) is 5.75 Å². The Kier molecular flexibility index (Phi) is 5.23. The first kappa shape index (κ1) is 15.8. The van der Waals surface area contributed by atoms with Crippen molar-refractivity contribution in [2.45, 2.75) is 51.5 Å². The number of ether oxygens (including phenoxy) is 1. The highest BCUT2D eigenvalue weighted by Gasteiger charge is 2.32. The predicted molar refractivity (Wildman–Crippen MR) is 82.5 cm³/mol. The summed E-state index contributed by atoms with van der Waals surface area (Å²) in [7, 11) is 0. The van der Waals surface area contributed by atoms with Crippen LogP contribution in [0, 0.1) is 13.8 Å². The Morgan fingerprint density at radius 3 is 2.38 bits per heavy atom. The van der Waals surface area contributed by atoms with Gasteiger partial charge in [0.2, 0.25) is 0 Å². The third kappa shape index (κ3) is 4.46. The molecule has 4 heteroatoms. The molecule has 1 aliphatic carbocycles. The molecule has 1 aromatic rings. The SMILES string of the molecule is Cc1cc(C)cc(OCC(=O)NC2(CO)CCCCC2)c1. The van der Waals surface area contributed by atoms with Crippen molar-refractivity contribution in [2.24, 2.45) is 0 Å². The van der Waals surface area contributed by atoms with Crippen molar-refractivity contribution in [3.63, 3.8) is 0 Å². The van der Waals surface area contributed by atoms with Crippen molar-refractivity contribution in [1.29, 1.82) is 0 Å². The predicted octanol–water partition coefficient (Wildman–Crippen LogP) is 2.49. The second kappa shape index (κ2) is 6.94. The summed E-state index contributed by atoms with van der Waals surface area (Å²) >= 11 is 0. The van der Waals surface area contributed by atoms with E-state index in [1.165, 1.54) is 6.42 Å². The Morgan fingerprint density at radius 2 is 1.81 bits per heavy atom. The number of aryl methyl sites for hydroxylation is 2. The van der Waals surface area contributed by atoms with Crippen molar-refractivity contribution in [3.05, 3.63) is 29.3 Å². The van der Waals surface area contributed by atoms with Crippen LogP contribution < -0.4 is 10.1 Å². The number of carbonyl (C=O) groups is 1. The smallest absolute Gasteiger partial charge is 0.258 e. The summed E-state index contributed by atoms with van der Waals surface area (Å²) < 4.78 is 5.57. The minimum Gasteiger partial charge on any atom is -0.484 e. The Bertz CT molecular complexity index is 473. The first-order chi connectivity index (χ1) is 10.0. The topological polar surface area (TPSA) is 58.6 Å². The van der Waals surface area contributed by atoms with Gasteiger partial charge in [-0.1, -0.05) is 25.3 Å². The van der Waals surface area contributed by atoms with Crippen LogP contribution in [0.2, 0.25) is 0 Å². The van der Waals surface area contributed by atoms with Gasteiger partial charge in [0.05, 0.1) is 12.1 Å². The third-order valence-corrected chi connectivity index (χ3v) is 4.08. The molecule has 21 heavy (non-hydrogen) atoms. The maximum absolute atomic E-state index is 12.1. The van der Waals surface area contributed by atoms with Crippen molar-refractivity contribution in [3.8, 4) is 5.75 Å². The maximum Gasteiger partial charge on any atom is 0.258 e. The van der Waals surface area contributed by atoms with Crippen LogP contribution in [0.4, 0.5) is 0 Å². The summed E-state index contributed by atoms with van der Waals surface area (Å²) in [6.45, 7) is 4.00. The molecule has 0 heterocycles. The van der Waals surface area contributed by atoms with Gasteiger partial charge in [0, 0.05) is 0 Å². The molecule has 2 N–H and O–H groups in total. The Labute approximate surface area is 126 Å². The number of amides is 1. The van der Waals surface area contributed by atoms with E-state index in [4.69, 9.17) is 4.74 Å². The first-order valence-electron chi connectivity index (χ1n) is 7.66. The fourth-order valence-electron chi connectivity index (χ4n) is 3.05. The molecule has 0 saturated heterocycles. The van der Waals surface area contributed by atoms with E-state index in [9.17, 15) is 9.90 Å². The largest absolute Gasteiger partial charge is 0.484 e. The van der Waals surface area contributed by atoms with Crippen LogP contribution >= 0.6 is 0 Å². The fourth-order valence-corrected chi connectivity index (χ4v) is 3.05. The number of aliphatic hydroxyl groups is 1. The lowest BCUT2D eigenvalue weighted by molar-refractivity contribution is -0.126. The second-order valence-electron chi connectivity index (χ2n) is 6.16. The van der Waals surface area contributed by atoms with E-state index in [0.29, 0.717) is 5.75 Å². The molecule has 116 valence electrons. The van der Waals surface area contributed by atoms with E-state index < -0.39 is 5.54 Å². The molecule has 1 fully saturated rings. The van der Waals surface area contributed by atoms with Crippen LogP contribution in [0.25, 0.3) is 0 Å². The molecular formula is C17H25NO3. The van der Waals surface area contributed by atoms with Gasteiger partial charge in [0.15, 0.2) is 6.61 Å². The zero-order valence-corrected chi connectivity index (χ0v) is 12.9. The Morgan fingerprint density at radius 1 is 1.19 bits per heavy atom. The molecule has 2 rings (SSSR count). The van der Waals surface area contributed by atoms with Gasteiger partial charge in [-0.15, -0.1) is 0 Å². The van der Waals surface area contributed by atoms with Crippen molar-refractivity contribution >= 4 is 5.91 Å². The second-order valence-corrected chi connectivity index (χ2v) is 6.16. The first-order valence-corrected chi connectivity index (χ1v) is 7.66. The van der Waals surface area contributed by atoms with E-state index >= 15 is 0 Å². The molecule has 1 aromatic carbocycles. The summed E-state index contributed by atoms with van der Waals surface area (Å²) in [6, 6.07) is 5.90. The lowest BCUT2D eigenvalue weighted by Gasteiger charge is -2.36. The monoisotopic (exact) mass is 291 g/mol. The highest BCUT2D eigenvalue weighted by atomic mass is 16.5. The van der Waals surface area contributed by atoms with Crippen LogP contribution in [-0.2, 0) is 4.79 Å². The van der Waals surface area contributed by atoms with Gasteiger partial charge in [0.25, 0.3) is 5.91 Å². The quantitative estimate of drug-likeness (QED) is 0.876. The van der Waals surface area contributed by atoms with E-state index in [1.54, 1.807) is 0 Å². The lowest BCUT2D eigenvalue weighted by atomic mass is 9.82. The molecule has 0 spiro atoms. The molecule has 0 radical (unpaired) electrons. The van der Waals surface area contributed by atoms with Crippen LogP contribution in [-0.4, -0.2) is 29.8 Å². The van der Waals surface area contributed by atoms with Crippen molar-refractivity contribution in [2.75, 3.05) is 13.2 Å². The minimum absolute atomic E-state index is 0.00228. The summed E-state index contributed by atoms with van der Waals surface area (Å²) in [4.78, 5) is 12.1. The van der Waals surface area contributed by atoms with Gasteiger partial charge in [0.1, 0.15) is 5.75 Å². The maximum atomic E-state index is 12.1. The number of hydrogen-bond donors (Lipinski definition) is 2. The summed E-state index contributed by atoms with van der Waals surface area (Å²) in [5.74, 6) is 0.550. The molecule has 1 saturated carbocycles. The number of rotatable bonds is 5. The van der Waals surface area contributed by atoms with E-state index in [-0.39, 0.29) is 19.1 Å². The molecule has 0 aliphatic heterocycles. The Hall–Kier alpha value is -1.55. The van der Waals surface area contributed by atoms with Gasteiger partial charge < -0.3 is 15.2 Å². The van der Waals surface area contributed by atoms with Crippen molar-refractivity contribution < 1.29 is 14.6 Å². The van der Waals surface area contributed by atoms with Gasteiger partial charge >= 0.3 is 0 Å². The lowest BCUT2D eigenvalue weighted by Crippen LogP contribution is -2.53. The van der Waals surface area contributed by atoms with Crippen molar-refractivity contribution in [1.82, 2.24) is 5.32 Å². The number of hydrogen-bond acceptors (Lipinski definition) is 3. The third-order valence-electron chi connectivity index (χ3n) is 4.08. The molecule has 0 atom stereocenters. The summed E-state index contributed by atoms with van der Waals surface area (Å²) in [5.41, 5.74) is 1.79. The average molecular weight is 291 g/mol. The highest BCUT2D eigenvalue weighted by molar-refractivity contribution is 5.78. The minimum atomic E-state index is -0.443. The van der Waals surface area contributed by atoms with Gasteiger partial charge in [-0.2, -0.15) is 0 Å². The molecule has 1 aliphatic rings. The van der Waals surface area contributed by atoms with Crippen LogP contribution in [0.1, 0.15) is 43.2 Å². The number of benzene rings is 1. The standard InChI is InChI=1S/C17H25NO3/c1-13-8-14(2)10-15(9-13)21-11-16(20)18-17(12-19)6-4-3-5-7-17/h8-10,19H,3-7,11-12H2,1-2H3,(H,18,20). The molecule has 1 amide bonds. The van der Waals surface area contributed by atoms with E-state index in [0.717, 1.165) is 36.8 Å². The average Bonchev–Trinajstić information content (AvgIpc) is 2.45. The van der Waals surface area contributed by atoms with E-state index in [2.05, 4.69) is 11.4 Å². The number of nitrogens with one attached hydrogen (secondary N) is 1. The van der Waals surface area contributed by atoms with Crippen LogP contribution in [0.15, 0.2) is 18.2 Å². The molecule has 0 aromatic heterocycles. The van der Waals surface area contributed by atoms with Gasteiger partial charge in [-0.05, 0) is 49.9 Å². The summed E-state index contributed by atoms with van der Waals surface area (Å²) in [5, 5.41) is 12.6. The number of aliphatic hydroxyl groups excluding tert-OH is 1. The van der Waals surface area contributed by atoms with Crippen LogP contribution in [0.3, 0.4) is 0 Å². The summed E-state index contributed by atoms with van der Waals surface area (Å²) in [6.07, 6.45) is 4.98. The fraction of sp³-hybridized carbons (Fsp3) is 0.588. The van der Waals surface area contributed by atoms with Gasteiger partial charge in [-0.25, -0.2) is 0 Å². The molecule has 4 nitrogen and oxygen atoms in total.